The maximum atomic E-state index is 13.2. The number of ether oxygens (including phenoxy) is 1. The quantitative estimate of drug-likeness (QED) is 0.312. The fraction of sp³-hybridized carbons (Fsp3) is 0.217. The van der Waals surface area contributed by atoms with Gasteiger partial charge < -0.3 is 9.64 Å². The van der Waals surface area contributed by atoms with Gasteiger partial charge in [0, 0.05) is 32.1 Å². The second-order valence-electron chi connectivity index (χ2n) is 7.05. The maximum absolute atomic E-state index is 13.2. The molecule has 0 spiro atoms. The summed E-state index contributed by atoms with van der Waals surface area (Å²) in [6, 6.07) is 16.0. The van der Waals surface area contributed by atoms with Crippen molar-refractivity contribution in [2.24, 2.45) is 9.36 Å². The smallest absolute Gasteiger partial charge is 0.161 e. The zero-order valence-electron chi connectivity index (χ0n) is 17.9. The first kappa shape index (κ1) is 22.8. The van der Waals surface area contributed by atoms with Crippen LogP contribution in [0.15, 0.2) is 75.0 Å². The molecule has 2 aromatic carbocycles. The third-order valence-electron chi connectivity index (χ3n) is 4.52. The van der Waals surface area contributed by atoms with Gasteiger partial charge in [0.15, 0.2) is 5.82 Å². The Bertz CT molecular complexity index is 1210. The van der Waals surface area contributed by atoms with Crippen molar-refractivity contribution < 1.29 is 8.95 Å². The summed E-state index contributed by atoms with van der Waals surface area (Å²) in [5, 5.41) is 0.488. The zero-order valence-corrected chi connectivity index (χ0v) is 19.5. The predicted molar refractivity (Wildman–Crippen MR) is 128 cm³/mol. The Morgan fingerprint density at radius 3 is 2.71 bits per heavy atom. The van der Waals surface area contributed by atoms with E-state index >= 15 is 0 Å². The van der Waals surface area contributed by atoms with Gasteiger partial charge in [0.1, 0.15) is 11.5 Å². The van der Waals surface area contributed by atoms with Crippen molar-refractivity contribution >= 4 is 39.2 Å². The van der Waals surface area contributed by atoms with Crippen molar-refractivity contribution in [2.45, 2.75) is 18.7 Å². The lowest BCUT2D eigenvalue weighted by Gasteiger charge is -2.13. The molecule has 6 nitrogen and oxygen atoms in total. The molecule has 3 rings (SSSR count). The summed E-state index contributed by atoms with van der Waals surface area (Å²) >= 11 is 6.41. The molecule has 1 heterocycles. The van der Waals surface area contributed by atoms with Gasteiger partial charge in [0.2, 0.25) is 0 Å². The van der Waals surface area contributed by atoms with Gasteiger partial charge in [-0.1, -0.05) is 23.7 Å². The average Bonchev–Trinajstić information content (AvgIpc) is 2.75. The number of halogens is 1. The third kappa shape index (κ3) is 6.06. The van der Waals surface area contributed by atoms with Crippen LogP contribution in [-0.2, 0) is 9.73 Å². The summed E-state index contributed by atoms with van der Waals surface area (Å²) in [6.07, 6.45) is 4.95. The van der Waals surface area contributed by atoms with E-state index in [2.05, 4.69) is 14.3 Å². The van der Waals surface area contributed by atoms with Crippen molar-refractivity contribution in [2.75, 3.05) is 19.8 Å². The Labute approximate surface area is 188 Å². The Balaban J connectivity index is 1.88. The van der Waals surface area contributed by atoms with Gasteiger partial charge in [0.05, 0.1) is 31.7 Å². The third-order valence-corrected chi connectivity index (χ3v) is 6.49. The van der Waals surface area contributed by atoms with Gasteiger partial charge >= 0.3 is 0 Å². The SMILES string of the molecule is CCN(C)C=Nc1cc(C)c(Oc2cccc(S(C)(=O)=Nc3ccccn3)c2)cc1Cl. The van der Waals surface area contributed by atoms with Crippen LogP contribution in [0.4, 0.5) is 11.5 Å². The van der Waals surface area contributed by atoms with E-state index in [1.54, 1.807) is 67.3 Å². The highest BCUT2D eigenvalue weighted by molar-refractivity contribution is 7.93. The molecule has 3 aromatic rings. The highest BCUT2D eigenvalue weighted by Gasteiger charge is 2.11. The predicted octanol–water partition coefficient (Wildman–Crippen LogP) is 6.24. The minimum atomic E-state index is -2.69. The summed E-state index contributed by atoms with van der Waals surface area (Å²) in [7, 11) is -0.743. The molecule has 0 aliphatic carbocycles. The zero-order chi connectivity index (χ0) is 22.4. The maximum Gasteiger partial charge on any atom is 0.161 e. The van der Waals surface area contributed by atoms with Crippen molar-refractivity contribution in [3.8, 4) is 11.5 Å². The number of rotatable bonds is 7. The molecule has 1 aromatic heterocycles. The normalized spacial score (nSPS) is 13.1. The topological polar surface area (TPSA) is 67.2 Å². The number of pyridine rings is 1. The van der Waals surface area contributed by atoms with Gasteiger partial charge in [-0.15, -0.1) is 0 Å². The molecule has 0 N–H and O–H groups in total. The molecule has 0 aliphatic rings. The minimum Gasteiger partial charge on any atom is -0.457 e. The number of hydrogen-bond acceptors (Lipinski definition) is 5. The van der Waals surface area contributed by atoms with Crippen LogP contribution in [0.25, 0.3) is 0 Å². The molecule has 0 amide bonds. The minimum absolute atomic E-state index is 0.425. The van der Waals surface area contributed by atoms with E-state index in [-0.39, 0.29) is 0 Å². The molecular formula is C23H25ClN4O2S. The Morgan fingerprint density at radius 2 is 2.00 bits per heavy atom. The summed E-state index contributed by atoms with van der Waals surface area (Å²) in [6.45, 7) is 4.82. The van der Waals surface area contributed by atoms with Gasteiger partial charge in [-0.2, -0.15) is 4.36 Å². The summed E-state index contributed by atoms with van der Waals surface area (Å²) < 4.78 is 23.5. The van der Waals surface area contributed by atoms with Crippen LogP contribution in [0.3, 0.4) is 0 Å². The van der Waals surface area contributed by atoms with Crippen LogP contribution in [0.2, 0.25) is 5.02 Å². The Kier molecular flexibility index (Phi) is 7.30. The van der Waals surface area contributed by atoms with Crippen LogP contribution in [-0.4, -0.2) is 40.3 Å². The van der Waals surface area contributed by atoms with E-state index in [0.717, 1.165) is 12.1 Å². The van der Waals surface area contributed by atoms with Crippen molar-refractivity contribution in [1.82, 2.24) is 9.88 Å². The number of nitrogens with zero attached hydrogens (tertiary/aromatic N) is 4. The van der Waals surface area contributed by atoms with Gasteiger partial charge in [-0.05, 0) is 55.8 Å². The molecule has 1 unspecified atom stereocenters. The Morgan fingerprint density at radius 1 is 1.19 bits per heavy atom. The van der Waals surface area contributed by atoms with Crippen LogP contribution in [0.5, 0.6) is 11.5 Å². The number of aromatic nitrogens is 1. The summed E-state index contributed by atoms with van der Waals surface area (Å²) in [5.41, 5.74) is 1.56. The molecular weight excluding hydrogens is 432 g/mol. The standard InChI is InChI=1S/C23H25ClN4O2S/c1-5-28(3)16-26-21-13-17(2)22(15-20(21)24)30-18-9-8-10-19(14-18)31(4,29)27-23-11-6-7-12-25-23/h6-16H,5H2,1-4H3. The fourth-order valence-corrected chi connectivity index (χ4v) is 4.08. The first-order valence-electron chi connectivity index (χ1n) is 9.74. The highest BCUT2D eigenvalue weighted by atomic mass is 35.5. The van der Waals surface area contributed by atoms with Crippen LogP contribution < -0.4 is 4.74 Å². The fourth-order valence-electron chi connectivity index (χ4n) is 2.64. The van der Waals surface area contributed by atoms with Crippen molar-refractivity contribution in [3.05, 3.63) is 71.4 Å². The summed E-state index contributed by atoms with van der Waals surface area (Å²) in [5.74, 6) is 1.58. The van der Waals surface area contributed by atoms with Crippen LogP contribution >= 0.6 is 11.6 Å². The molecule has 0 saturated carbocycles. The number of hydrogen-bond donors (Lipinski definition) is 0. The van der Waals surface area contributed by atoms with Crippen molar-refractivity contribution in [1.29, 1.82) is 0 Å². The highest BCUT2D eigenvalue weighted by Crippen LogP contribution is 2.35. The molecule has 31 heavy (non-hydrogen) atoms. The van der Waals surface area contributed by atoms with Gasteiger partial charge in [0.25, 0.3) is 0 Å². The van der Waals surface area contributed by atoms with E-state index in [9.17, 15) is 4.21 Å². The molecule has 0 radical (unpaired) electrons. The van der Waals surface area contributed by atoms with Gasteiger partial charge in [-0.25, -0.2) is 14.2 Å². The number of aliphatic imine (C=N–C) groups is 1. The van der Waals surface area contributed by atoms with Crippen molar-refractivity contribution in [3.63, 3.8) is 0 Å². The molecule has 0 bridgehead atoms. The van der Waals surface area contributed by atoms with E-state index in [1.165, 1.54) is 0 Å². The molecule has 162 valence electrons. The van der Waals surface area contributed by atoms with E-state index in [1.807, 2.05) is 31.9 Å². The number of benzene rings is 2. The van der Waals surface area contributed by atoms with Crippen LogP contribution in [0.1, 0.15) is 12.5 Å². The monoisotopic (exact) mass is 456 g/mol. The van der Waals surface area contributed by atoms with E-state index in [0.29, 0.717) is 32.9 Å². The average molecular weight is 457 g/mol. The molecule has 0 saturated heterocycles. The number of aryl methyl sites for hydroxylation is 1. The Hall–Kier alpha value is -2.90. The van der Waals surface area contributed by atoms with E-state index < -0.39 is 9.73 Å². The largest absolute Gasteiger partial charge is 0.457 e. The molecule has 1 atom stereocenters. The summed E-state index contributed by atoms with van der Waals surface area (Å²) in [4.78, 5) is 11.1. The van der Waals surface area contributed by atoms with E-state index in [4.69, 9.17) is 16.3 Å². The first-order valence-corrected chi connectivity index (χ1v) is 12.0. The van der Waals surface area contributed by atoms with Gasteiger partial charge in [-0.3, -0.25) is 0 Å². The lowest BCUT2D eigenvalue weighted by atomic mass is 10.2. The first-order chi connectivity index (χ1) is 14.8. The second-order valence-corrected chi connectivity index (χ2v) is 9.71. The second kappa shape index (κ2) is 9.94. The molecule has 0 aliphatic heterocycles. The lowest BCUT2D eigenvalue weighted by molar-refractivity contribution is 0.477. The molecule has 8 heteroatoms. The van der Waals surface area contributed by atoms with Crippen LogP contribution in [0, 0.1) is 6.92 Å². The lowest BCUT2D eigenvalue weighted by Crippen LogP contribution is -2.14. The molecule has 0 fully saturated rings.